The van der Waals surface area contributed by atoms with Crippen LogP contribution < -0.4 is 20.9 Å². The van der Waals surface area contributed by atoms with E-state index in [2.05, 4.69) is 29.9 Å². The average molecular weight is 950 g/mol. The highest BCUT2D eigenvalue weighted by atomic mass is 31.2. The summed E-state index contributed by atoms with van der Waals surface area (Å²) in [5.41, 5.74) is 15.3. The smallest absolute Gasteiger partial charge is 0.408 e. The molecule has 1 unspecified atom stereocenters. The molecule has 7 aromatic rings. The topological polar surface area (TPSA) is 244 Å². The molecule has 0 bridgehead atoms. The number of aromatic nitrogens is 8. The number of hydrogen-bond donors (Lipinski definition) is 3. The lowest BCUT2D eigenvalue weighted by molar-refractivity contribution is -0.0933. The van der Waals surface area contributed by atoms with Crippen LogP contribution in [0.25, 0.3) is 22.3 Å². The third kappa shape index (κ3) is 9.13. The number of hydrogen-bond acceptors (Lipinski definition) is 17. The first-order chi connectivity index (χ1) is 33.1. The van der Waals surface area contributed by atoms with Gasteiger partial charge in [-0.1, -0.05) is 68.4 Å². The van der Waals surface area contributed by atoms with Gasteiger partial charge in [0, 0.05) is 25.9 Å². The van der Waals surface area contributed by atoms with Crippen molar-refractivity contribution in [1.82, 2.24) is 43.7 Å². The van der Waals surface area contributed by atoms with E-state index < -0.39 is 50.2 Å². The number of nitrogens with zero attached hydrogens (tertiary/aromatic N) is 9. The molecule has 5 N–H and O–H groups in total. The molecule has 0 aliphatic carbocycles. The van der Waals surface area contributed by atoms with Crippen LogP contribution in [0, 0.1) is 0 Å². The summed E-state index contributed by atoms with van der Waals surface area (Å²) in [5, 5.41) is 11.4. The van der Waals surface area contributed by atoms with Gasteiger partial charge in [0.2, 0.25) is 0 Å². The largest absolute Gasteiger partial charge is 0.497 e. The standard InChI is InChI=1S/C47H56N11O9P/c1-5-20-56(21-6-2)68(60,64-25-37-35(59)22-39(65-37)57-28-54-41-43(48)50-26-52-45(41)57)67-36-23-40(58-29-55-42-44(49)51-27-53-46(42)58)66-38(36)24-63-47(30-10-8-7-9-11-30,31-12-16-33(61-3)17-13-31)32-14-18-34(62-4)19-15-32/h7-19,26-29,35-40,59H,5-6,20-25H2,1-4H3,(H2,48,50,52)(H2,49,51,53)/t35-,36-,37+,38+,39+,40+,68?/m0/s1. The molecule has 0 spiro atoms. The molecule has 0 amide bonds. The number of aliphatic hydroxyl groups excluding tert-OH is 1. The van der Waals surface area contributed by atoms with Gasteiger partial charge < -0.3 is 40.3 Å². The number of methoxy groups -OCH3 is 2. The van der Waals surface area contributed by atoms with E-state index in [1.807, 2.05) is 92.7 Å². The Hall–Kier alpha value is -6.09. The number of imidazole rings is 2. The maximum absolute atomic E-state index is 15.7. The van der Waals surface area contributed by atoms with Crippen molar-refractivity contribution in [2.24, 2.45) is 0 Å². The Kier molecular flexibility index (Phi) is 14.0. The molecule has 21 heteroatoms. The van der Waals surface area contributed by atoms with Crippen molar-refractivity contribution >= 4 is 41.7 Å². The summed E-state index contributed by atoms with van der Waals surface area (Å²) in [6, 6.07) is 25.4. The SMILES string of the molecule is CCCN(CCC)P(=O)(OC[C@H]1O[C@@H](n2cnc3c(N)ncnc32)C[C@@H]1O)O[C@H]1C[C@H](n2cnc3c(N)ncnc32)O[C@@H]1COC(c1ccccc1)(c1ccc(OC)cc1)c1ccc(OC)cc1. The summed E-state index contributed by atoms with van der Waals surface area (Å²) >= 11 is 0. The van der Waals surface area contributed by atoms with Crippen molar-refractivity contribution in [1.29, 1.82) is 0 Å². The third-order valence-electron chi connectivity index (χ3n) is 12.4. The summed E-state index contributed by atoms with van der Waals surface area (Å²) < 4.78 is 66.1. The van der Waals surface area contributed by atoms with E-state index in [0.29, 0.717) is 59.8 Å². The van der Waals surface area contributed by atoms with E-state index in [-0.39, 0.29) is 37.7 Å². The van der Waals surface area contributed by atoms with Crippen LogP contribution in [-0.4, -0.2) is 114 Å². The van der Waals surface area contributed by atoms with E-state index in [0.717, 1.165) is 16.7 Å². The summed E-state index contributed by atoms with van der Waals surface area (Å²) in [6.45, 7) is 4.48. The number of fused-ring (bicyclic) bond motifs is 2. The molecule has 6 heterocycles. The van der Waals surface area contributed by atoms with Gasteiger partial charge in [0.25, 0.3) is 0 Å². The van der Waals surface area contributed by atoms with Gasteiger partial charge in [-0.05, 0) is 53.8 Å². The Balaban J connectivity index is 1.07. The summed E-state index contributed by atoms with van der Waals surface area (Å²) in [7, 11) is -0.973. The van der Waals surface area contributed by atoms with E-state index in [1.54, 1.807) is 40.7 Å². The lowest BCUT2D eigenvalue weighted by Gasteiger charge is -2.38. The van der Waals surface area contributed by atoms with Crippen LogP contribution in [0.1, 0.15) is 68.7 Å². The van der Waals surface area contributed by atoms with Crippen LogP contribution in [0.4, 0.5) is 11.6 Å². The number of ether oxygens (including phenoxy) is 5. The summed E-state index contributed by atoms with van der Waals surface area (Å²) in [5.74, 6) is 1.80. The molecular formula is C47H56N11O9P. The fourth-order valence-electron chi connectivity index (χ4n) is 9.00. The molecule has 2 aliphatic rings. The quantitative estimate of drug-likeness (QED) is 0.0551. The van der Waals surface area contributed by atoms with Crippen molar-refractivity contribution in [3.63, 3.8) is 0 Å². The van der Waals surface area contributed by atoms with E-state index >= 15 is 4.57 Å². The number of aliphatic hydroxyl groups is 1. The molecule has 358 valence electrons. The van der Waals surface area contributed by atoms with Crippen LogP contribution in [-0.2, 0) is 33.4 Å². The highest BCUT2D eigenvalue weighted by molar-refractivity contribution is 7.51. The second-order valence-electron chi connectivity index (χ2n) is 16.6. The fraction of sp³-hybridized carbons (Fsp3) is 0.404. The Labute approximate surface area is 393 Å². The van der Waals surface area contributed by atoms with E-state index in [4.69, 9.17) is 44.2 Å². The van der Waals surface area contributed by atoms with Gasteiger partial charge in [-0.25, -0.2) is 39.1 Å². The number of anilines is 2. The normalized spacial score (nSPS) is 21.7. The van der Waals surface area contributed by atoms with Crippen molar-refractivity contribution in [3.05, 3.63) is 121 Å². The number of nitrogen functional groups attached to an aromatic ring is 2. The molecule has 0 radical (unpaired) electrons. The zero-order valence-corrected chi connectivity index (χ0v) is 39.2. The Morgan fingerprint density at radius 2 is 1.22 bits per heavy atom. The second kappa shape index (κ2) is 20.2. The molecule has 2 fully saturated rings. The van der Waals surface area contributed by atoms with E-state index in [9.17, 15) is 5.11 Å². The van der Waals surface area contributed by atoms with Gasteiger partial charge in [-0.2, -0.15) is 0 Å². The minimum absolute atomic E-state index is 0.0571. The average Bonchev–Trinajstić information content (AvgIpc) is 4.18. The second-order valence-corrected chi connectivity index (χ2v) is 18.6. The maximum atomic E-state index is 15.7. The minimum Gasteiger partial charge on any atom is -0.497 e. The van der Waals surface area contributed by atoms with Crippen LogP contribution in [0.2, 0.25) is 0 Å². The Morgan fingerprint density at radius 1 is 0.706 bits per heavy atom. The van der Waals surface area contributed by atoms with Gasteiger partial charge in [-0.15, -0.1) is 0 Å². The predicted octanol–water partition coefficient (Wildman–Crippen LogP) is 6.42. The first-order valence-electron chi connectivity index (χ1n) is 22.6. The monoisotopic (exact) mass is 949 g/mol. The van der Waals surface area contributed by atoms with Gasteiger partial charge in [0.1, 0.15) is 71.6 Å². The van der Waals surface area contributed by atoms with Crippen LogP contribution in [0.3, 0.4) is 0 Å². The molecule has 0 saturated carbocycles. The highest BCUT2D eigenvalue weighted by Crippen LogP contribution is 2.56. The molecule has 7 atom stereocenters. The van der Waals surface area contributed by atoms with E-state index in [1.165, 1.54) is 12.7 Å². The van der Waals surface area contributed by atoms with Crippen molar-refractivity contribution in [2.75, 3.05) is 52.0 Å². The van der Waals surface area contributed by atoms with Gasteiger partial charge >= 0.3 is 7.75 Å². The highest BCUT2D eigenvalue weighted by Gasteiger charge is 2.48. The van der Waals surface area contributed by atoms with Crippen molar-refractivity contribution in [2.45, 2.75) is 82.0 Å². The molecule has 2 saturated heterocycles. The zero-order chi connectivity index (χ0) is 47.4. The van der Waals surface area contributed by atoms with Gasteiger partial charge in [-0.3, -0.25) is 18.2 Å². The summed E-state index contributed by atoms with van der Waals surface area (Å²) in [6.07, 6.45) is 2.58. The first kappa shape index (κ1) is 47.0. The lowest BCUT2D eigenvalue weighted by atomic mass is 9.80. The molecule has 4 aromatic heterocycles. The molecule has 9 rings (SSSR count). The van der Waals surface area contributed by atoms with Crippen LogP contribution >= 0.6 is 7.75 Å². The number of rotatable bonds is 20. The Bertz CT molecular complexity index is 2780. The predicted molar refractivity (Wildman–Crippen MR) is 251 cm³/mol. The molecular weight excluding hydrogens is 894 g/mol. The molecule has 2 aliphatic heterocycles. The molecule has 68 heavy (non-hydrogen) atoms. The number of nitrogens with two attached hydrogens (primary N) is 2. The molecule has 3 aromatic carbocycles. The molecule has 20 nitrogen and oxygen atoms in total. The van der Waals surface area contributed by atoms with Crippen molar-refractivity contribution in [3.8, 4) is 11.5 Å². The maximum Gasteiger partial charge on any atom is 0.408 e. The third-order valence-corrected chi connectivity index (χ3v) is 14.5. The first-order valence-corrected chi connectivity index (χ1v) is 24.1. The Morgan fingerprint density at radius 3 is 1.75 bits per heavy atom. The van der Waals surface area contributed by atoms with Crippen molar-refractivity contribution < 1.29 is 42.4 Å². The van der Waals surface area contributed by atoms with Crippen LogP contribution in [0.15, 0.2) is 104 Å². The van der Waals surface area contributed by atoms with Gasteiger partial charge in [0.15, 0.2) is 22.9 Å². The summed E-state index contributed by atoms with van der Waals surface area (Å²) in [4.78, 5) is 25.9. The fourth-order valence-corrected chi connectivity index (χ4v) is 11.1. The van der Waals surface area contributed by atoms with Gasteiger partial charge in [0.05, 0.1) is 46.2 Å². The lowest BCUT2D eigenvalue weighted by Crippen LogP contribution is -2.39. The zero-order valence-electron chi connectivity index (χ0n) is 38.3. The minimum atomic E-state index is -4.22. The number of benzene rings is 3. The van der Waals surface area contributed by atoms with Crippen LogP contribution in [0.5, 0.6) is 11.5 Å².